The van der Waals surface area contributed by atoms with Crippen molar-refractivity contribution in [3.8, 4) is 0 Å². The standard InChI is InChI=1S/C37H39F4N5O2/c1-22-6-3-8-29(38)33(22)36(48)46-31-9-4-7-25(31)19-28(35(47)43-27-15-16-30-26(18-27)20-42-44(30)2)34(46)24-13-11-23(12-14-24)21-45-17-5-10-32(45)37(39,40)41/h3,6,8,11-16,18,20,25,28,31-32,34H,4-5,7,9-10,17,19,21H2,1-2H3,(H,43,47)/t25-,28+,31-,32?,34+/m1/s1. The zero-order valence-corrected chi connectivity index (χ0v) is 27.0. The van der Waals surface area contributed by atoms with Gasteiger partial charge in [-0.05, 0) is 92.4 Å². The molecule has 1 N–H and O–H groups in total. The lowest BCUT2D eigenvalue weighted by Crippen LogP contribution is -2.54. The van der Waals surface area contributed by atoms with Crippen molar-refractivity contribution in [3.63, 3.8) is 0 Å². The summed E-state index contributed by atoms with van der Waals surface area (Å²) in [6.45, 7) is 2.23. The molecule has 7 nitrogen and oxygen atoms in total. The van der Waals surface area contributed by atoms with E-state index in [2.05, 4.69) is 10.4 Å². The highest BCUT2D eigenvalue weighted by Gasteiger charge is 2.50. The van der Waals surface area contributed by atoms with Gasteiger partial charge in [-0.2, -0.15) is 18.3 Å². The maximum Gasteiger partial charge on any atom is 0.404 e. The van der Waals surface area contributed by atoms with E-state index in [1.165, 1.54) is 11.0 Å². The van der Waals surface area contributed by atoms with Crippen molar-refractivity contribution in [3.05, 3.63) is 94.9 Å². The number of likely N-dealkylation sites (tertiary alicyclic amines) is 2. The van der Waals surface area contributed by atoms with Crippen LogP contribution in [0.2, 0.25) is 0 Å². The smallest absolute Gasteiger partial charge is 0.327 e. The molecule has 48 heavy (non-hydrogen) atoms. The first-order chi connectivity index (χ1) is 23.0. The first kappa shape index (κ1) is 32.3. The Morgan fingerprint density at radius 3 is 2.54 bits per heavy atom. The van der Waals surface area contributed by atoms with E-state index >= 15 is 4.39 Å². The fourth-order valence-electron chi connectivity index (χ4n) is 8.38. The van der Waals surface area contributed by atoms with Crippen LogP contribution in [0.3, 0.4) is 0 Å². The lowest BCUT2D eigenvalue weighted by Gasteiger charge is -2.48. The van der Waals surface area contributed by atoms with Gasteiger partial charge in [-0.3, -0.25) is 19.2 Å². The highest BCUT2D eigenvalue weighted by atomic mass is 19.4. The van der Waals surface area contributed by atoms with Crippen molar-refractivity contribution in [2.45, 2.75) is 76.3 Å². The maximum absolute atomic E-state index is 15.3. The number of halogens is 4. The summed E-state index contributed by atoms with van der Waals surface area (Å²) in [4.78, 5) is 32.0. The number of nitrogens with zero attached hydrogens (tertiary/aromatic N) is 4. The first-order valence-electron chi connectivity index (χ1n) is 16.7. The summed E-state index contributed by atoms with van der Waals surface area (Å²) in [5, 5.41) is 8.26. The second kappa shape index (κ2) is 12.7. The quantitative estimate of drug-likeness (QED) is 0.217. The summed E-state index contributed by atoms with van der Waals surface area (Å²) in [5.74, 6) is -1.88. The van der Waals surface area contributed by atoms with Crippen LogP contribution >= 0.6 is 0 Å². The summed E-state index contributed by atoms with van der Waals surface area (Å²) in [6.07, 6.45) is 1.07. The molecule has 3 fully saturated rings. The van der Waals surface area contributed by atoms with Crippen LogP contribution in [-0.4, -0.2) is 56.2 Å². The number of nitrogens with one attached hydrogen (secondary N) is 1. The molecule has 2 aliphatic heterocycles. The van der Waals surface area contributed by atoms with E-state index in [-0.39, 0.29) is 36.4 Å². The minimum absolute atomic E-state index is 0.0000772. The molecule has 1 saturated carbocycles. The number of amides is 2. The number of aryl methyl sites for hydroxylation is 2. The fourth-order valence-corrected chi connectivity index (χ4v) is 8.38. The molecule has 7 rings (SSSR count). The Bertz CT molecular complexity index is 1820. The van der Waals surface area contributed by atoms with Gasteiger partial charge in [0.15, 0.2) is 0 Å². The number of fused-ring (bicyclic) bond motifs is 2. The predicted molar refractivity (Wildman–Crippen MR) is 175 cm³/mol. The minimum atomic E-state index is -4.29. The second-order valence-corrected chi connectivity index (χ2v) is 13.6. The largest absolute Gasteiger partial charge is 0.404 e. The van der Waals surface area contributed by atoms with E-state index in [1.807, 2.05) is 37.4 Å². The number of piperidine rings is 1. The number of benzene rings is 3. The Hall–Kier alpha value is -4.25. The highest BCUT2D eigenvalue weighted by molar-refractivity contribution is 5.99. The molecule has 3 heterocycles. The molecule has 3 aromatic carbocycles. The van der Waals surface area contributed by atoms with Crippen molar-refractivity contribution in [2.75, 3.05) is 11.9 Å². The third kappa shape index (κ3) is 5.97. The summed E-state index contributed by atoms with van der Waals surface area (Å²) in [6, 6.07) is 15.0. The predicted octanol–water partition coefficient (Wildman–Crippen LogP) is 7.56. The monoisotopic (exact) mass is 661 g/mol. The van der Waals surface area contributed by atoms with E-state index in [1.54, 1.807) is 47.0 Å². The van der Waals surface area contributed by atoms with Crippen LogP contribution in [0.1, 0.15) is 71.6 Å². The molecule has 0 bridgehead atoms. The number of carbonyl (C=O) groups is 2. The zero-order chi connectivity index (χ0) is 33.7. The Morgan fingerprint density at radius 1 is 1.00 bits per heavy atom. The van der Waals surface area contributed by atoms with Crippen molar-refractivity contribution < 1.29 is 27.2 Å². The summed E-state index contributed by atoms with van der Waals surface area (Å²) in [5.41, 5.74) is 3.46. The zero-order valence-electron chi connectivity index (χ0n) is 27.0. The van der Waals surface area contributed by atoms with Gasteiger partial charge in [-0.15, -0.1) is 0 Å². The molecule has 1 aliphatic carbocycles. The SMILES string of the molecule is Cc1cccc(F)c1C(=O)N1[C@@H]2CCC[C@@H]2C[C@H](C(=O)Nc2ccc3c(cnn3C)c2)[C@@H]1c1ccc(CN2CCCC2C(F)(F)F)cc1. The van der Waals surface area contributed by atoms with E-state index in [0.717, 1.165) is 35.7 Å². The van der Waals surface area contributed by atoms with Crippen LogP contribution in [-0.2, 0) is 18.4 Å². The molecule has 2 saturated heterocycles. The highest BCUT2D eigenvalue weighted by Crippen LogP contribution is 2.49. The molecule has 252 valence electrons. The Labute approximate surface area is 276 Å². The summed E-state index contributed by atoms with van der Waals surface area (Å²) in [7, 11) is 1.85. The maximum atomic E-state index is 15.3. The Balaban J connectivity index is 1.25. The molecule has 5 atom stereocenters. The molecule has 1 unspecified atom stereocenters. The number of aromatic nitrogens is 2. The lowest BCUT2D eigenvalue weighted by molar-refractivity contribution is -0.177. The van der Waals surface area contributed by atoms with Gasteiger partial charge in [-0.25, -0.2) is 4.39 Å². The molecule has 1 aromatic heterocycles. The van der Waals surface area contributed by atoms with Crippen LogP contribution < -0.4 is 5.32 Å². The first-order valence-corrected chi connectivity index (χ1v) is 16.7. The van der Waals surface area contributed by atoms with Gasteiger partial charge < -0.3 is 10.2 Å². The van der Waals surface area contributed by atoms with E-state index in [0.29, 0.717) is 36.2 Å². The van der Waals surface area contributed by atoms with Crippen molar-refractivity contribution in [1.82, 2.24) is 19.6 Å². The topological polar surface area (TPSA) is 70.5 Å². The van der Waals surface area contributed by atoms with Gasteiger partial charge in [0, 0.05) is 30.7 Å². The fraction of sp³-hybridized carbons (Fsp3) is 0.432. The van der Waals surface area contributed by atoms with Gasteiger partial charge >= 0.3 is 6.18 Å². The molecular formula is C37H39F4N5O2. The molecule has 4 aromatic rings. The minimum Gasteiger partial charge on any atom is -0.327 e. The molecule has 2 amide bonds. The number of anilines is 1. The molecule has 0 radical (unpaired) electrons. The number of hydrogen-bond acceptors (Lipinski definition) is 4. The number of alkyl halides is 3. The van der Waals surface area contributed by atoms with E-state index in [9.17, 15) is 22.8 Å². The average molecular weight is 662 g/mol. The van der Waals surface area contributed by atoms with Crippen LogP contribution in [0, 0.1) is 24.6 Å². The van der Waals surface area contributed by atoms with Gasteiger partial charge in [0.1, 0.15) is 11.9 Å². The third-order valence-corrected chi connectivity index (χ3v) is 10.7. The van der Waals surface area contributed by atoms with Crippen molar-refractivity contribution >= 4 is 28.4 Å². The van der Waals surface area contributed by atoms with Crippen LogP contribution in [0.5, 0.6) is 0 Å². The van der Waals surface area contributed by atoms with Crippen molar-refractivity contribution in [1.29, 1.82) is 0 Å². The third-order valence-electron chi connectivity index (χ3n) is 10.7. The van der Waals surface area contributed by atoms with Crippen LogP contribution in [0.25, 0.3) is 10.9 Å². The van der Waals surface area contributed by atoms with Gasteiger partial charge in [0.2, 0.25) is 5.91 Å². The normalized spacial score (nSPS) is 24.6. The van der Waals surface area contributed by atoms with Crippen LogP contribution in [0.4, 0.5) is 23.2 Å². The second-order valence-electron chi connectivity index (χ2n) is 13.6. The van der Waals surface area contributed by atoms with Crippen molar-refractivity contribution in [2.24, 2.45) is 18.9 Å². The average Bonchev–Trinajstić information content (AvgIpc) is 3.80. The number of rotatable bonds is 6. The van der Waals surface area contributed by atoms with Gasteiger partial charge in [0.05, 0.1) is 29.2 Å². The lowest BCUT2D eigenvalue weighted by atomic mass is 9.76. The number of carbonyl (C=O) groups excluding carboxylic acids is 2. The van der Waals surface area contributed by atoms with E-state index in [4.69, 9.17) is 0 Å². The van der Waals surface area contributed by atoms with Gasteiger partial charge in [-0.1, -0.05) is 42.8 Å². The molecular weight excluding hydrogens is 622 g/mol. The van der Waals surface area contributed by atoms with Crippen LogP contribution in [0.15, 0.2) is 66.9 Å². The summed E-state index contributed by atoms with van der Waals surface area (Å²) < 4.78 is 58.0. The van der Waals surface area contributed by atoms with Gasteiger partial charge in [0.25, 0.3) is 5.91 Å². The molecule has 3 aliphatic rings. The molecule has 11 heteroatoms. The Morgan fingerprint density at radius 2 is 1.79 bits per heavy atom. The van der Waals surface area contributed by atoms with E-state index < -0.39 is 35.9 Å². The summed E-state index contributed by atoms with van der Waals surface area (Å²) >= 11 is 0. The molecule has 0 spiro atoms. The number of hydrogen-bond donors (Lipinski definition) is 1. The Kier molecular flexibility index (Phi) is 8.51.